The maximum Gasteiger partial charge on any atom is 0.222 e. The van der Waals surface area contributed by atoms with E-state index < -0.39 is 0 Å². The Morgan fingerprint density at radius 1 is 1.21 bits per heavy atom. The minimum atomic E-state index is 0.314. The number of hydrogen-bond donors (Lipinski definition) is 1. The zero-order chi connectivity index (χ0) is 20.6. The van der Waals surface area contributed by atoms with Gasteiger partial charge in [0.25, 0.3) is 0 Å². The van der Waals surface area contributed by atoms with Crippen molar-refractivity contribution in [2.45, 2.75) is 38.6 Å². The number of carbonyl (C=O) groups is 1. The third-order valence-electron chi connectivity index (χ3n) is 6.00. The minimum absolute atomic E-state index is 0.314. The standard InChI is InChI=1S/C22H35N5O2/c1-4-18(27-13-7-10-21(27)28)11-12-24-22(23-2)26-16-14-25(15-17-26)19-8-5-6-9-20(19)29-3/h5-6,8-9,18H,4,7,10-17H2,1-3H3,(H,23,24). The van der Waals surface area contributed by atoms with Crippen molar-refractivity contribution >= 4 is 17.6 Å². The van der Waals surface area contributed by atoms with E-state index in [0.29, 0.717) is 18.4 Å². The van der Waals surface area contributed by atoms with E-state index in [9.17, 15) is 4.79 Å². The molecule has 3 rings (SSSR count). The van der Waals surface area contributed by atoms with Crippen LogP contribution in [0.3, 0.4) is 0 Å². The second-order valence-electron chi connectivity index (χ2n) is 7.66. The number of ether oxygens (including phenoxy) is 1. The molecule has 160 valence electrons. The van der Waals surface area contributed by atoms with Crippen molar-refractivity contribution in [2.24, 2.45) is 4.99 Å². The van der Waals surface area contributed by atoms with E-state index in [1.807, 2.05) is 19.2 Å². The third-order valence-corrected chi connectivity index (χ3v) is 6.00. The fraction of sp³-hybridized carbons (Fsp3) is 0.636. The summed E-state index contributed by atoms with van der Waals surface area (Å²) < 4.78 is 5.51. The van der Waals surface area contributed by atoms with E-state index in [0.717, 1.165) is 75.9 Å². The Hall–Kier alpha value is -2.44. The molecule has 7 heteroatoms. The van der Waals surface area contributed by atoms with Gasteiger partial charge in [0, 0.05) is 58.8 Å². The molecule has 1 atom stereocenters. The molecule has 0 saturated carbocycles. The molecule has 1 amide bonds. The van der Waals surface area contributed by atoms with Crippen LogP contribution in [0.1, 0.15) is 32.6 Å². The molecule has 0 bridgehead atoms. The number of methoxy groups -OCH3 is 1. The highest BCUT2D eigenvalue weighted by molar-refractivity contribution is 5.80. The first-order valence-corrected chi connectivity index (χ1v) is 10.8. The Balaban J connectivity index is 1.48. The topological polar surface area (TPSA) is 60.4 Å². The lowest BCUT2D eigenvalue weighted by molar-refractivity contribution is -0.129. The van der Waals surface area contributed by atoms with Gasteiger partial charge in [-0.15, -0.1) is 0 Å². The van der Waals surface area contributed by atoms with Gasteiger partial charge in [-0.05, 0) is 31.4 Å². The summed E-state index contributed by atoms with van der Waals surface area (Å²) in [5, 5.41) is 3.51. The fourth-order valence-electron chi connectivity index (χ4n) is 4.37. The highest BCUT2D eigenvalue weighted by atomic mass is 16.5. The zero-order valence-corrected chi connectivity index (χ0v) is 18.1. The second kappa shape index (κ2) is 10.4. The number of hydrogen-bond acceptors (Lipinski definition) is 4. The lowest BCUT2D eigenvalue weighted by Crippen LogP contribution is -2.53. The molecule has 1 N–H and O–H groups in total. The summed E-state index contributed by atoms with van der Waals surface area (Å²) in [5.74, 6) is 2.19. The van der Waals surface area contributed by atoms with Crippen LogP contribution >= 0.6 is 0 Å². The number of amides is 1. The van der Waals surface area contributed by atoms with Gasteiger partial charge in [-0.1, -0.05) is 19.1 Å². The molecule has 0 spiro atoms. The Morgan fingerprint density at radius 2 is 1.97 bits per heavy atom. The van der Waals surface area contributed by atoms with Crippen LogP contribution in [0, 0.1) is 0 Å². The SMILES string of the molecule is CCC(CCNC(=NC)N1CCN(c2ccccc2OC)CC1)N1CCCC1=O. The van der Waals surface area contributed by atoms with Crippen LogP contribution < -0.4 is 15.0 Å². The number of nitrogens with one attached hydrogen (secondary N) is 1. The van der Waals surface area contributed by atoms with Crippen molar-refractivity contribution < 1.29 is 9.53 Å². The van der Waals surface area contributed by atoms with Gasteiger partial charge < -0.3 is 24.8 Å². The number of likely N-dealkylation sites (tertiary alicyclic amines) is 1. The van der Waals surface area contributed by atoms with Crippen LogP contribution in [0.4, 0.5) is 5.69 Å². The highest BCUT2D eigenvalue weighted by Gasteiger charge is 2.27. The first-order valence-electron chi connectivity index (χ1n) is 10.8. The fourth-order valence-corrected chi connectivity index (χ4v) is 4.37. The lowest BCUT2D eigenvalue weighted by Gasteiger charge is -2.38. The molecule has 7 nitrogen and oxygen atoms in total. The van der Waals surface area contributed by atoms with Gasteiger partial charge in [-0.25, -0.2) is 0 Å². The first-order chi connectivity index (χ1) is 14.2. The number of rotatable bonds is 7. The molecule has 2 saturated heterocycles. The van der Waals surface area contributed by atoms with Crippen molar-refractivity contribution in [3.05, 3.63) is 24.3 Å². The molecule has 2 fully saturated rings. The summed E-state index contributed by atoms with van der Waals surface area (Å²) in [7, 11) is 3.57. The lowest BCUT2D eigenvalue weighted by atomic mass is 10.1. The van der Waals surface area contributed by atoms with Gasteiger partial charge in [0.1, 0.15) is 5.75 Å². The number of anilines is 1. The monoisotopic (exact) mass is 401 g/mol. The van der Waals surface area contributed by atoms with Gasteiger partial charge in [0.15, 0.2) is 5.96 Å². The quantitative estimate of drug-likeness (QED) is 0.561. The maximum absolute atomic E-state index is 12.0. The molecule has 1 unspecified atom stereocenters. The Labute approximate surface area is 174 Å². The van der Waals surface area contributed by atoms with Crippen LogP contribution in [-0.2, 0) is 4.79 Å². The summed E-state index contributed by atoms with van der Waals surface area (Å²) in [6.45, 7) is 7.61. The molecular weight excluding hydrogens is 366 g/mol. The second-order valence-corrected chi connectivity index (χ2v) is 7.66. The third kappa shape index (κ3) is 5.14. The number of para-hydroxylation sites is 2. The molecular formula is C22H35N5O2. The van der Waals surface area contributed by atoms with Crippen LogP contribution in [0.25, 0.3) is 0 Å². The molecule has 1 aromatic rings. The van der Waals surface area contributed by atoms with Gasteiger partial charge in [0.2, 0.25) is 5.91 Å². The summed E-state index contributed by atoms with van der Waals surface area (Å²) in [5.41, 5.74) is 1.15. The molecule has 1 aromatic carbocycles. The number of nitrogens with zero attached hydrogens (tertiary/aromatic N) is 4. The van der Waals surface area contributed by atoms with E-state index in [2.05, 4.69) is 44.1 Å². The minimum Gasteiger partial charge on any atom is -0.495 e. The molecule has 2 aliphatic heterocycles. The Kier molecular flexibility index (Phi) is 7.61. The van der Waals surface area contributed by atoms with Crippen LogP contribution in [-0.4, -0.2) is 81.1 Å². The largest absolute Gasteiger partial charge is 0.495 e. The van der Waals surface area contributed by atoms with Crippen molar-refractivity contribution in [2.75, 3.05) is 58.3 Å². The number of piperazine rings is 1. The van der Waals surface area contributed by atoms with Gasteiger partial charge in [-0.3, -0.25) is 9.79 Å². The highest BCUT2D eigenvalue weighted by Crippen LogP contribution is 2.28. The van der Waals surface area contributed by atoms with Crippen molar-refractivity contribution in [3.8, 4) is 5.75 Å². The number of carbonyl (C=O) groups excluding carboxylic acids is 1. The average Bonchev–Trinajstić information content (AvgIpc) is 3.20. The summed E-state index contributed by atoms with van der Waals surface area (Å²) in [6, 6.07) is 8.52. The predicted octanol–water partition coefficient (Wildman–Crippen LogP) is 2.18. The molecule has 0 aliphatic carbocycles. The molecule has 0 aromatic heterocycles. The first kappa shape index (κ1) is 21.3. The van der Waals surface area contributed by atoms with Gasteiger partial charge in [-0.2, -0.15) is 0 Å². The molecule has 2 aliphatic rings. The van der Waals surface area contributed by atoms with E-state index >= 15 is 0 Å². The van der Waals surface area contributed by atoms with Crippen molar-refractivity contribution in [3.63, 3.8) is 0 Å². The predicted molar refractivity (Wildman–Crippen MR) is 118 cm³/mol. The van der Waals surface area contributed by atoms with E-state index in [4.69, 9.17) is 4.74 Å². The van der Waals surface area contributed by atoms with Crippen LogP contribution in [0.15, 0.2) is 29.3 Å². The Bertz CT molecular complexity index is 700. The van der Waals surface area contributed by atoms with Crippen LogP contribution in [0.5, 0.6) is 5.75 Å². The van der Waals surface area contributed by atoms with Gasteiger partial charge in [0.05, 0.1) is 12.8 Å². The van der Waals surface area contributed by atoms with E-state index in [1.165, 1.54) is 0 Å². The summed E-state index contributed by atoms with van der Waals surface area (Å²) in [4.78, 5) is 23.3. The Morgan fingerprint density at radius 3 is 2.59 bits per heavy atom. The summed E-state index contributed by atoms with van der Waals surface area (Å²) in [6.07, 6.45) is 3.68. The number of aliphatic imine (C=N–C) groups is 1. The smallest absolute Gasteiger partial charge is 0.222 e. The molecule has 2 heterocycles. The van der Waals surface area contributed by atoms with Crippen LogP contribution in [0.2, 0.25) is 0 Å². The summed E-state index contributed by atoms with van der Waals surface area (Å²) >= 11 is 0. The van der Waals surface area contributed by atoms with E-state index in [-0.39, 0.29) is 0 Å². The van der Waals surface area contributed by atoms with Gasteiger partial charge >= 0.3 is 0 Å². The van der Waals surface area contributed by atoms with Crippen molar-refractivity contribution in [1.29, 1.82) is 0 Å². The zero-order valence-electron chi connectivity index (χ0n) is 18.1. The van der Waals surface area contributed by atoms with Crippen molar-refractivity contribution in [1.82, 2.24) is 15.1 Å². The van der Waals surface area contributed by atoms with E-state index in [1.54, 1.807) is 7.11 Å². The average molecular weight is 402 g/mol. The molecule has 29 heavy (non-hydrogen) atoms. The number of guanidine groups is 1. The maximum atomic E-state index is 12.0. The molecule has 0 radical (unpaired) electrons. The number of benzene rings is 1. The normalized spacial score (nSPS) is 18.9.